The van der Waals surface area contributed by atoms with E-state index in [0.29, 0.717) is 12.2 Å². The molecule has 1 aliphatic rings. The molecule has 1 aliphatic heterocycles. The van der Waals surface area contributed by atoms with Crippen LogP contribution in [0.4, 0.5) is 10.1 Å². The number of carbonyl (C=O) groups is 1. The van der Waals surface area contributed by atoms with Crippen LogP contribution >= 0.6 is 12.4 Å². The summed E-state index contributed by atoms with van der Waals surface area (Å²) in [6.45, 7) is 3.54. The van der Waals surface area contributed by atoms with Crippen molar-refractivity contribution < 1.29 is 9.18 Å². The van der Waals surface area contributed by atoms with Gasteiger partial charge in [0.1, 0.15) is 5.82 Å². The zero-order valence-electron chi connectivity index (χ0n) is 10.3. The molecular weight excluding hydrogens is 255 g/mol. The fraction of sp³-hybridized carbons (Fsp3) is 0.462. The number of hydrogen-bond acceptors (Lipinski definition) is 2. The maximum Gasteiger partial charge on any atom is 0.228 e. The molecule has 1 saturated heterocycles. The largest absolute Gasteiger partial charge is 0.325 e. The zero-order valence-corrected chi connectivity index (χ0v) is 11.1. The second kappa shape index (κ2) is 6.71. The van der Waals surface area contributed by atoms with Crippen LogP contribution in [0.3, 0.4) is 0 Å². The highest BCUT2D eigenvalue weighted by Gasteiger charge is 2.21. The predicted molar refractivity (Wildman–Crippen MR) is 72.6 cm³/mol. The maximum atomic E-state index is 13.1. The topological polar surface area (TPSA) is 41.1 Å². The molecule has 1 aromatic rings. The van der Waals surface area contributed by atoms with Gasteiger partial charge in [-0.2, -0.15) is 0 Å². The minimum absolute atomic E-state index is 0. The molecule has 2 rings (SSSR count). The monoisotopic (exact) mass is 272 g/mol. The van der Waals surface area contributed by atoms with Gasteiger partial charge in [0.15, 0.2) is 0 Å². The Balaban J connectivity index is 0.00000162. The van der Waals surface area contributed by atoms with Gasteiger partial charge in [-0.1, -0.05) is 6.07 Å². The SMILES string of the molecule is Cc1ccc(F)cc1NC(=O)C1CCCNC1.Cl. The molecule has 18 heavy (non-hydrogen) atoms. The van der Waals surface area contributed by atoms with Gasteiger partial charge in [-0.05, 0) is 44.0 Å². The average Bonchev–Trinajstić information content (AvgIpc) is 2.35. The van der Waals surface area contributed by atoms with E-state index in [1.54, 1.807) is 6.07 Å². The number of piperidine rings is 1. The molecule has 0 aliphatic carbocycles. The third-order valence-electron chi connectivity index (χ3n) is 3.13. The molecule has 1 heterocycles. The normalized spacial score (nSPS) is 18.9. The van der Waals surface area contributed by atoms with Crippen LogP contribution in [0.2, 0.25) is 0 Å². The van der Waals surface area contributed by atoms with Crippen molar-refractivity contribution in [2.45, 2.75) is 19.8 Å². The van der Waals surface area contributed by atoms with Crippen LogP contribution in [-0.4, -0.2) is 19.0 Å². The van der Waals surface area contributed by atoms with Crippen LogP contribution in [0, 0.1) is 18.7 Å². The van der Waals surface area contributed by atoms with Gasteiger partial charge in [0.05, 0.1) is 5.92 Å². The Morgan fingerprint density at radius 1 is 1.50 bits per heavy atom. The standard InChI is InChI=1S/C13H17FN2O.ClH/c1-9-4-5-11(14)7-12(9)16-13(17)10-3-2-6-15-8-10;/h4-5,7,10,15H,2-3,6,8H2,1H3,(H,16,17);1H. The summed E-state index contributed by atoms with van der Waals surface area (Å²) in [5.74, 6) is -0.356. The summed E-state index contributed by atoms with van der Waals surface area (Å²) in [6, 6.07) is 4.43. The number of nitrogens with one attached hydrogen (secondary N) is 2. The molecule has 1 atom stereocenters. The summed E-state index contributed by atoms with van der Waals surface area (Å²) in [4.78, 5) is 12.0. The van der Waals surface area contributed by atoms with Gasteiger partial charge in [0.2, 0.25) is 5.91 Å². The molecule has 0 spiro atoms. The Labute approximate surface area is 113 Å². The Bertz CT molecular complexity index is 419. The Morgan fingerprint density at radius 2 is 2.28 bits per heavy atom. The van der Waals surface area contributed by atoms with Gasteiger partial charge >= 0.3 is 0 Å². The molecule has 1 aromatic carbocycles. The molecule has 100 valence electrons. The molecule has 1 unspecified atom stereocenters. The molecule has 0 saturated carbocycles. The minimum Gasteiger partial charge on any atom is -0.325 e. The van der Waals surface area contributed by atoms with Crippen molar-refractivity contribution in [2.24, 2.45) is 5.92 Å². The number of aryl methyl sites for hydroxylation is 1. The van der Waals surface area contributed by atoms with E-state index in [-0.39, 0.29) is 30.0 Å². The van der Waals surface area contributed by atoms with Gasteiger partial charge in [-0.25, -0.2) is 4.39 Å². The quantitative estimate of drug-likeness (QED) is 0.869. The van der Waals surface area contributed by atoms with E-state index in [0.717, 1.165) is 24.9 Å². The van der Waals surface area contributed by atoms with Crippen molar-refractivity contribution in [2.75, 3.05) is 18.4 Å². The lowest BCUT2D eigenvalue weighted by molar-refractivity contribution is -0.120. The van der Waals surface area contributed by atoms with Crippen LogP contribution < -0.4 is 10.6 Å². The Morgan fingerprint density at radius 3 is 2.94 bits per heavy atom. The fourth-order valence-corrected chi connectivity index (χ4v) is 2.04. The minimum atomic E-state index is -0.326. The highest BCUT2D eigenvalue weighted by molar-refractivity contribution is 5.93. The van der Waals surface area contributed by atoms with E-state index in [1.165, 1.54) is 12.1 Å². The summed E-state index contributed by atoms with van der Waals surface area (Å²) < 4.78 is 13.1. The van der Waals surface area contributed by atoms with Crippen molar-refractivity contribution in [3.05, 3.63) is 29.6 Å². The van der Waals surface area contributed by atoms with Crippen LogP contribution in [0.15, 0.2) is 18.2 Å². The van der Waals surface area contributed by atoms with E-state index in [2.05, 4.69) is 10.6 Å². The van der Waals surface area contributed by atoms with E-state index in [9.17, 15) is 9.18 Å². The zero-order chi connectivity index (χ0) is 12.3. The van der Waals surface area contributed by atoms with E-state index in [4.69, 9.17) is 0 Å². The first-order valence-corrected chi connectivity index (χ1v) is 5.94. The molecular formula is C13H18ClFN2O. The number of hydrogen-bond donors (Lipinski definition) is 2. The smallest absolute Gasteiger partial charge is 0.228 e. The van der Waals surface area contributed by atoms with E-state index < -0.39 is 0 Å². The lowest BCUT2D eigenvalue weighted by Gasteiger charge is -2.22. The second-order valence-electron chi connectivity index (χ2n) is 4.49. The van der Waals surface area contributed by atoms with Crippen molar-refractivity contribution in [1.82, 2.24) is 5.32 Å². The van der Waals surface area contributed by atoms with Gasteiger partial charge < -0.3 is 10.6 Å². The predicted octanol–water partition coefficient (Wildman–Crippen LogP) is 2.49. The second-order valence-corrected chi connectivity index (χ2v) is 4.49. The summed E-state index contributed by atoms with van der Waals surface area (Å²) in [7, 11) is 0. The first-order valence-electron chi connectivity index (χ1n) is 5.94. The number of rotatable bonds is 2. The third kappa shape index (κ3) is 3.68. The summed E-state index contributed by atoms with van der Waals surface area (Å²) in [5, 5.41) is 5.99. The number of halogens is 2. The van der Waals surface area contributed by atoms with Crippen molar-refractivity contribution in [3.8, 4) is 0 Å². The summed E-state index contributed by atoms with van der Waals surface area (Å²) >= 11 is 0. The lowest BCUT2D eigenvalue weighted by atomic mass is 9.98. The molecule has 5 heteroatoms. The first-order chi connectivity index (χ1) is 8.16. The van der Waals surface area contributed by atoms with Crippen molar-refractivity contribution in [1.29, 1.82) is 0 Å². The molecule has 2 N–H and O–H groups in total. The molecule has 1 amide bonds. The summed E-state index contributed by atoms with van der Waals surface area (Å²) in [6.07, 6.45) is 1.91. The van der Waals surface area contributed by atoms with Crippen LogP contribution in [0.1, 0.15) is 18.4 Å². The third-order valence-corrected chi connectivity index (χ3v) is 3.13. The average molecular weight is 273 g/mol. The maximum absolute atomic E-state index is 13.1. The van der Waals surface area contributed by atoms with Crippen LogP contribution in [0.25, 0.3) is 0 Å². The molecule has 0 bridgehead atoms. The van der Waals surface area contributed by atoms with Crippen molar-refractivity contribution >= 4 is 24.0 Å². The fourth-order valence-electron chi connectivity index (χ4n) is 2.04. The molecule has 0 aromatic heterocycles. The molecule has 3 nitrogen and oxygen atoms in total. The van der Waals surface area contributed by atoms with E-state index >= 15 is 0 Å². The highest BCUT2D eigenvalue weighted by Crippen LogP contribution is 2.18. The van der Waals surface area contributed by atoms with Gasteiger partial charge in [0.25, 0.3) is 0 Å². The van der Waals surface area contributed by atoms with Crippen LogP contribution in [0.5, 0.6) is 0 Å². The highest BCUT2D eigenvalue weighted by atomic mass is 35.5. The van der Waals surface area contributed by atoms with E-state index in [1.807, 2.05) is 6.92 Å². The Hall–Kier alpha value is -1.13. The first kappa shape index (κ1) is 14.9. The number of benzene rings is 1. The summed E-state index contributed by atoms with van der Waals surface area (Å²) in [5.41, 5.74) is 1.45. The molecule has 0 radical (unpaired) electrons. The number of carbonyl (C=O) groups excluding carboxylic acids is 1. The van der Waals surface area contributed by atoms with Gasteiger partial charge in [0, 0.05) is 12.2 Å². The Kier molecular flexibility index (Phi) is 5.56. The number of anilines is 1. The van der Waals surface area contributed by atoms with Crippen molar-refractivity contribution in [3.63, 3.8) is 0 Å². The number of amides is 1. The lowest BCUT2D eigenvalue weighted by Crippen LogP contribution is -2.37. The van der Waals surface area contributed by atoms with Crippen LogP contribution in [-0.2, 0) is 4.79 Å². The molecule has 1 fully saturated rings. The van der Waals surface area contributed by atoms with Gasteiger partial charge in [-0.15, -0.1) is 12.4 Å². The van der Waals surface area contributed by atoms with Gasteiger partial charge in [-0.3, -0.25) is 4.79 Å².